The minimum absolute atomic E-state index is 0.634. The second-order valence-electron chi connectivity index (χ2n) is 6.06. The number of furan rings is 1. The molecule has 0 unspecified atom stereocenters. The standard InChI is InChI=1S/C19H18N4O2/c1-12-18(13(2)25-22-12)14-6-7-17-16(9-14)19(21-11-20-17)23(3)10-15-5-4-8-24-15/h4-9,11H,10H2,1-3H3. The van der Waals surface area contributed by atoms with E-state index in [9.17, 15) is 0 Å². The Morgan fingerprint density at radius 3 is 2.72 bits per heavy atom. The van der Waals surface area contributed by atoms with Crippen molar-refractivity contribution in [1.29, 1.82) is 0 Å². The van der Waals surface area contributed by atoms with Gasteiger partial charge < -0.3 is 13.8 Å². The highest BCUT2D eigenvalue weighted by atomic mass is 16.5. The molecule has 0 saturated carbocycles. The number of fused-ring (bicyclic) bond motifs is 1. The number of anilines is 1. The Balaban J connectivity index is 1.81. The highest BCUT2D eigenvalue weighted by Gasteiger charge is 2.15. The summed E-state index contributed by atoms with van der Waals surface area (Å²) in [4.78, 5) is 10.9. The fourth-order valence-corrected chi connectivity index (χ4v) is 3.11. The maximum absolute atomic E-state index is 5.45. The predicted octanol–water partition coefficient (Wildman–Crippen LogP) is 4.13. The maximum Gasteiger partial charge on any atom is 0.141 e. The number of hydrogen-bond acceptors (Lipinski definition) is 6. The van der Waals surface area contributed by atoms with E-state index in [1.54, 1.807) is 12.6 Å². The lowest BCUT2D eigenvalue weighted by molar-refractivity contribution is 0.393. The Kier molecular flexibility index (Phi) is 3.72. The third kappa shape index (κ3) is 2.76. The minimum atomic E-state index is 0.634. The van der Waals surface area contributed by atoms with Crippen molar-refractivity contribution in [3.8, 4) is 11.1 Å². The molecule has 3 aromatic heterocycles. The van der Waals surface area contributed by atoms with Crippen molar-refractivity contribution in [2.75, 3.05) is 11.9 Å². The van der Waals surface area contributed by atoms with Gasteiger partial charge in [0.15, 0.2) is 0 Å². The van der Waals surface area contributed by atoms with Crippen LogP contribution in [0.2, 0.25) is 0 Å². The van der Waals surface area contributed by atoms with Crippen LogP contribution in [0.25, 0.3) is 22.0 Å². The third-order valence-electron chi connectivity index (χ3n) is 4.27. The minimum Gasteiger partial charge on any atom is -0.467 e. The summed E-state index contributed by atoms with van der Waals surface area (Å²) in [5.74, 6) is 2.55. The summed E-state index contributed by atoms with van der Waals surface area (Å²) in [6.45, 7) is 4.50. The second-order valence-corrected chi connectivity index (χ2v) is 6.06. The van der Waals surface area contributed by atoms with Gasteiger partial charge in [0.05, 0.1) is 24.0 Å². The van der Waals surface area contributed by atoms with Crippen LogP contribution in [0.15, 0.2) is 51.9 Å². The zero-order valence-electron chi connectivity index (χ0n) is 14.4. The van der Waals surface area contributed by atoms with Crippen molar-refractivity contribution in [1.82, 2.24) is 15.1 Å². The molecule has 0 radical (unpaired) electrons. The lowest BCUT2D eigenvalue weighted by Crippen LogP contribution is -2.17. The lowest BCUT2D eigenvalue weighted by atomic mass is 10.0. The monoisotopic (exact) mass is 334 g/mol. The van der Waals surface area contributed by atoms with Crippen LogP contribution < -0.4 is 4.90 Å². The van der Waals surface area contributed by atoms with Crippen LogP contribution in [0.1, 0.15) is 17.2 Å². The Bertz CT molecular complexity index is 1000. The Labute approximate surface area is 145 Å². The van der Waals surface area contributed by atoms with E-state index in [-0.39, 0.29) is 0 Å². The van der Waals surface area contributed by atoms with E-state index in [4.69, 9.17) is 8.94 Å². The molecule has 6 heteroatoms. The number of benzene rings is 1. The van der Waals surface area contributed by atoms with Gasteiger partial charge in [-0.3, -0.25) is 0 Å². The van der Waals surface area contributed by atoms with Crippen molar-refractivity contribution in [3.05, 3.63) is 60.1 Å². The molecule has 4 aromatic rings. The van der Waals surface area contributed by atoms with E-state index in [1.807, 2.05) is 45.2 Å². The van der Waals surface area contributed by atoms with Crippen molar-refractivity contribution in [3.63, 3.8) is 0 Å². The highest BCUT2D eigenvalue weighted by molar-refractivity contribution is 5.93. The van der Waals surface area contributed by atoms with Gasteiger partial charge >= 0.3 is 0 Å². The SMILES string of the molecule is Cc1noc(C)c1-c1ccc2ncnc(N(C)Cc3ccco3)c2c1. The first-order valence-corrected chi connectivity index (χ1v) is 8.05. The topological polar surface area (TPSA) is 68.2 Å². The first kappa shape index (κ1) is 15.4. The van der Waals surface area contributed by atoms with Gasteiger partial charge in [0.25, 0.3) is 0 Å². The number of aryl methyl sites for hydroxylation is 2. The molecule has 0 N–H and O–H groups in total. The third-order valence-corrected chi connectivity index (χ3v) is 4.27. The molecule has 1 aromatic carbocycles. The molecule has 25 heavy (non-hydrogen) atoms. The average molecular weight is 334 g/mol. The highest BCUT2D eigenvalue weighted by Crippen LogP contribution is 2.32. The number of rotatable bonds is 4. The van der Waals surface area contributed by atoms with Gasteiger partial charge in [-0.05, 0) is 43.7 Å². The van der Waals surface area contributed by atoms with Crippen LogP contribution in [0, 0.1) is 13.8 Å². The first-order chi connectivity index (χ1) is 12.1. The van der Waals surface area contributed by atoms with Crippen LogP contribution >= 0.6 is 0 Å². The van der Waals surface area contributed by atoms with Gasteiger partial charge in [-0.25, -0.2) is 9.97 Å². The second kappa shape index (κ2) is 6.05. The van der Waals surface area contributed by atoms with E-state index in [0.717, 1.165) is 45.1 Å². The molecule has 0 amide bonds. The lowest BCUT2D eigenvalue weighted by Gasteiger charge is -2.18. The zero-order valence-corrected chi connectivity index (χ0v) is 14.4. The van der Waals surface area contributed by atoms with Crippen LogP contribution in [0.3, 0.4) is 0 Å². The molecular formula is C19H18N4O2. The predicted molar refractivity (Wildman–Crippen MR) is 95.3 cm³/mol. The maximum atomic E-state index is 5.45. The van der Waals surface area contributed by atoms with Crippen molar-refractivity contribution in [2.24, 2.45) is 0 Å². The molecule has 4 rings (SSSR count). The zero-order chi connectivity index (χ0) is 17.4. The van der Waals surface area contributed by atoms with E-state index < -0.39 is 0 Å². The van der Waals surface area contributed by atoms with Crippen LogP contribution in [0.5, 0.6) is 0 Å². The summed E-state index contributed by atoms with van der Waals surface area (Å²) in [6, 6.07) is 9.97. The summed E-state index contributed by atoms with van der Waals surface area (Å²) < 4.78 is 10.8. The summed E-state index contributed by atoms with van der Waals surface area (Å²) in [7, 11) is 1.99. The fraction of sp³-hybridized carbons (Fsp3) is 0.211. The van der Waals surface area contributed by atoms with E-state index in [0.29, 0.717) is 6.54 Å². The van der Waals surface area contributed by atoms with Crippen molar-refractivity contribution < 1.29 is 8.94 Å². The molecule has 0 aliphatic heterocycles. The number of nitrogens with zero attached hydrogens (tertiary/aromatic N) is 4. The van der Waals surface area contributed by atoms with E-state index in [1.165, 1.54) is 0 Å². The van der Waals surface area contributed by atoms with Crippen molar-refractivity contribution in [2.45, 2.75) is 20.4 Å². The Morgan fingerprint density at radius 2 is 2.00 bits per heavy atom. The largest absolute Gasteiger partial charge is 0.467 e. The average Bonchev–Trinajstić information content (AvgIpc) is 3.23. The molecule has 0 fully saturated rings. The summed E-state index contributed by atoms with van der Waals surface area (Å²) in [5, 5.41) is 5.03. The molecule has 0 atom stereocenters. The van der Waals surface area contributed by atoms with Gasteiger partial charge in [0.2, 0.25) is 0 Å². The van der Waals surface area contributed by atoms with Crippen LogP contribution in [-0.4, -0.2) is 22.2 Å². The van der Waals surface area contributed by atoms with E-state index in [2.05, 4.69) is 26.1 Å². The Hall–Kier alpha value is -3.15. The summed E-state index contributed by atoms with van der Waals surface area (Å²) in [5.41, 5.74) is 3.84. The van der Waals surface area contributed by atoms with Gasteiger partial charge in [0.1, 0.15) is 23.7 Å². The molecule has 0 saturated heterocycles. The smallest absolute Gasteiger partial charge is 0.141 e. The fourth-order valence-electron chi connectivity index (χ4n) is 3.11. The molecule has 6 nitrogen and oxygen atoms in total. The molecule has 0 bridgehead atoms. The normalized spacial score (nSPS) is 11.2. The molecular weight excluding hydrogens is 316 g/mol. The number of aromatic nitrogens is 3. The molecule has 0 aliphatic rings. The van der Waals surface area contributed by atoms with Crippen LogP contribution in [0.4, 0.5) is 5.82 Å². The number of hydrogen-bond donors (Lipinski definition) is 0. The van der Waals surface area contributed by atoms with Gasteiger partial charge in [-0.2, -0.15) is 0 Å². The summed E-state index contributed by atoms with van der Waals surface area (Å²) in [6.07, 6.45) is 3.27. The van der Waals surface area contributed by atoms with E-state index >= 15 is 0 Å². The summed E-state index contributed by atoms with van der Waals surface area (Å²) >= 11 is 0. The molecule has 0 spiro atoms. The van der Waals surface area contributed by atoms with Gasteiger partial charge in [-0.1, -0.05) is 11.2 Å². The Morgan fingerprint density at radius 1 is 1.12 bits per heavy atom. The molecule has 0 aliphatic carbocycles. The van der Waals surface area contributed by atoms with Gasteiger partial charge in [0, 0.05) is 18.0 Å². The van der Waals surface area contributed by atoms with Gasteiger partial charge in [-0.15, -0.1) is 0 Å². The van der Waals surface area contributed by atoms with Crippen molar-refractivity contribution >= 4 is 16.7 Å². The molecule has 3 heterocycles. The first-order valence-electron chi connectivity index (χ1n) is 8.05. The quantitative estimate of drug-likeness (QED) is 0.559. The molecule has 126 valence electrons. The van der Waals surface area contributed by atoms with Crippen LogP contribution in [-0.2, 0) is 6.54 Å².